The minimum atomic E-state index is -0.702. The molecule has 7 heteroatoms. The van der Waals surface area contributed by atoms with Gasteiger partial charge >= 0.3 is 5.97 Å². The van der Waals surface area contributed by atoms with Crippen molar-refractivity contribution in [2.24, 2.45) is 22.2 Å². The molecule has 0 saturated carbocycles. The van der Waals surface area contributed by atoms with Crippen LogP contribution in [0.1, 0.15) is 90.4 Å². The lowest BCUT2D eigenvalue weighted by atomic mass is 10.0. The second-order valence-electron chi connectivity index (χ2n) is 7.09. The molecule has 0 aromatic heterocycles. The largest absolute Gasteiger partial charge is 0.464 e. The molecule has 0 radical (unpaired) electrons. The number of hydrogen-bond acceptors (Lipinski definition) is 5. The SMILES string of the molecule is CCCCCCCCCCCC(=O)CCOC(=O)[C@@H](N)CCCN=C(N)N. The Bertz CT molecular complexity index is 423. The molecule has 0 aromatic carbocycles. The highest BCUT2D eigenvalue weighted by molar-refractivity contribution is 5.79. The molecule has 0 fully saturated rings. The molecule has 1 atom stereocenters. The van der Waals surface area contributed by atoms with Gasteiger partial charge in [-0.25, -0.2) is 0 Å². The molecule has 6 N–H and O–H groups in total. The number of ether oxygens (including phenoxy) is 1. The molecule has 0 unspecified atom stereocenters. The molecule has 0 aliphatic heterocycles. The maximum atomic E-state index is 11.8. The number of nitrogens with two attached hydrogens (primary N) is 3. The Hall–Kier alpha value is -1.63. The van der Waals surface area contributed by atoms with E-state index in [1.54, 1.807) is 0 Å². The van der Waals surface area contributed by atoms with Crippen LogP contribution in [0.5, 0.6) is 0 Å². The molecule has 0 aliphatic carbocycles. The van der Waals surface area contributed by atoms with Gasteiger partial charge in [-0.2, -0.15) is 0 Å². The van der Waals surface area contributed by atoms with Crippen molar-refractivity contribution in [3.8, 4) is 0 Å². The molecule has 0 aromatic rings. The molecule has 0 aliphatic rings. The highest BCUT2D eigenvalue weighted by atomic mass is 16.5. The lowest BCUT2D eigenvalue weighted by molar-refractivity contribution is -0.145. The Morgan fingerprint density at radius 3 is 2.07 bits per heavy atom. The van der Waals surface area contributed by atoms with E-state index < -0.39 is 12.0 Å². The van der Waals surface area contributed by atoms with Gasteiger partial charge in [0.2, 0.25) is 0 Å². The number of aliphatic imine (C=N–C) groups is 1. The molecule has 158 valence electrons. The highest BCUT2D eigenvalue weighted by Crippen LogP contribution is 2.11. The summed E-state index contributed by atoms with van der Waals surface area (Å²) in [6.45, 7) is 2.76. The van der Waals surface area contributed by atoms with Crippen molar-refractivity contribution in [2.45, 2.75) is 96.4 Å². The monoisotopic (exact) mass is 384 g/mol. The first kappa shape index (κ1) is 25.4. The van der Waals surface area contributed by atoms with Crippen LogP contribution in [-0.2, 0) is 14.3 Å². The van der Waals surface area contributed by atoms with Gasteiger partial charge in [0.05, 0.1) is 6.61 Å². The van der Waals surface area contributed by atoms with Crippen molar-refractivity contribution in [3.63, 3.8) is 0 Å². The third-order valence-corrected chi connectivity index (χ3v) is 4.45. The number of guanidine groups is 1. The van der Waals surface area contributed by atoms with Gasteiger partial charge in [-0.3, -0.25) is 14.6 Å². The number of rotatable bonds is 18. The van der Waals surface area contributed by atoms with Gasteiger partial charge in [0.15, 0.2) is 5.96 Å². The predicted molar refractivity (Wildman–Crippen MR) is 110 cm³/mol. The third-order valence-electron chi connectivity index (χ3n) is 4.45. The molecule has 0 bridgehead atoms. The van der Waals surface area contributed by atoms with Gasteiger partial charge < -0.3 is 21.9 Å². The number of hydrogen-bond donors (Lipinski definition) is 3. The summed E-state index contributed by atoms with van der Waals surface area (Å²) in [5.74, 6) is -0.306. The molecule has 27 heavy (non-hydrogen) atoms. The summed E-state index contributed by atoms with van der Waals surface area (Å²) in [4.78, 5) is 27.4. The summed E-state index contributed by atoms with van der Waals surface area (Å²) < 4.78 is 5.07. The Kier molecular flexibility index (Phi) is 16.7. The number of carbonyl (C=O) groups excluding carboxylic acids is 2. The van der Waals surface area contributed by atoms with Crippen molar-refractivity contribution in [1.82, 2.24) is 0 Å². The summed E-state index contributed by atoms with van der Waals surface area (Å²) >= 11 is 0. The molecule has 0 spiro atoms. The van der Waals surface area contributed by atoms with Gasteiger partial charge in [0, 0.05) is 19.4 Å². The second kappa shape index (κ2) is 17.8. The topological polar surface area (TPSA) is 134 Å². The fraction of sp³-hybridized carbons (Fsp3) is 0.850. The predicted octanol–water partition coefficient (Wildman–Crippen LogP) is 2.79. The number of ketones is 1. The zero-order chi connectivity index (χ0) is 20.3. The van der Waals surface area contributed by atoms with E-state index >= 15 is 0 Å². The number of nitrogens with zero attached hydrogens (tertiary/aromatic N) is 1. The fourth-order valence-corrected chi connectivity index (χ4v) is 2.77. The summed E-state index contributed by atoms with van der Waals surface area (Å²) in [7, 11) is 0. The van der Waals surface area contributed by atoms with Crippen LogP contribution in [0.15, 0.2) is 4.99 Å². The highest BCUT2D eigenvalue weighted by Gasteiger charge is 2.15. The van der Waals surface area contributed by atoms with Gasteiger partial charge in [-0.05, 0) is 19.3 Å². The van der Waals surface area contributed by atoms with Crippen LogP contribution >= 0.6 is 0 Å². The molecule has 0 rings (SSSR count). The smallest absolute Gasteiger partial charge is 0.322 e. The average molecular weight is 385 g/mol. The van der Waals surface area contributed by atoms with Crippen molar-refractivity contribution in [2.75, 3.05) is 13.2 Å². The first-order valence-electron chi connectivity index (χ1n) is 10.5. The van der Waals surface area contributed by atoms with Crippen molar-refractivity contribution >= 4 is 17.7 Å². The van der Waals surface area contributed by atoms with Crippen LogP contribution in [0.25, 0.3) is 0 Å². The zero-order valence-corrected chi connectivity index (χ0v) is 17.1. The van der Waals surface area contributed by atoms with Gasteiger partial charge in [0.1, 0.15) is 11.8 Å². The van der Waals surface area contributed by atoms with Crippen LogP contribution < -0.4 is 17.2 Å². The molecular formula is C20H40N4O3. The first-order valence-corrected chi connectivity index (χ1v) is 10.5. The second-order valence-corrected chi connectivity index (χ2v) is 7.09. The van der Waals surface area contributed by atoms with Gasteiger partial charge in [0.25, 0.3) is 0 Å². The van der Waals surface area contributed by atoms with Crippen LogP contribution in [0.4, 0.5) is 0 Å². The van der Waals surface area contributed by atoms with Crippen LogP contribution in [0.2, 0.25) is 0 Å². The van der Waals surface area contributed by atoms with Crippen molar-refractivity contribution in [1.29, 1.82) is 0 Å². The van der Waals surface area contributed by atoms with E-state index in [9.17, 15) is 9.59 Å². The maximum Gasteiger partial charge on any atom is 0.322 e. The minimum absolute atomic E-state index is 0.0247. The van der Waals surface area contributed by atoms with Crippen molar-refractivity contribution < 1.29 is 14.3 Å². The Morgan fingerprint density at radius 1 is 0.889 bits per heavy atom. The number of esters is 1. The van der Waals surface area contributed by atoms with E-state index in [1.807, 2.05) is 0 Å². The van der Waals surface area contributed by atoms with Crippen LogP contribution in [0, 0.1) is 0 Å². The average Bonchev–Trinajstić information content (AvgIpc) is 2.63. The van der Waals surface area contributed by atoms with Crippen LogP contribution in [-0.4, -0.2) is 36.9 Å². The minimum Gasteiger partial charge on any atom is -0.464 e. The summed E-state index contributed by atoms with van der Waals surface area (Å²) in [5.41, 5.74) is 16.2. The van der Waals surface area contributed by atoms with Gasteiger partial charge in [-0.15, -0.1) is 0 Å². The molecule has 0 amide bonds. The first-order chi connectivity index (χ1) is 13.0. The molecule has 0 saturated heterocycles. The maximum absolute atomic E-state index is 11.8. The number of unbranched alkanes of at least 4 members (excludes halogenated alkanes) is 8. The summed E-state index contributed by atoms with van der Waals surface area (Å²) in [5, 5.41) is 0. The van der Waals surface area contributed by atoms with Crippen LogP contribution in [0.3, 0.4) is 0 Å². The Labute approximate surface area is 164 Å². The van der Waals surface area contributed by atoms with Gasteiger partial charge in [-0.1, -0.05) is 58.3 Å². The zero-order valence-electron chi connectivity index (χ0n) is 17.1. The quantitative estimate of drug-likeness (QED) is 0.144. The fourth-order valence-electron chi connectivity index (χ4n) is 2.77. The van der Waals surface area contributed by atoms with Crippen molar-refractivity contribution in [3.05, 3.63) is 0 Å². The summed E-state index contributed by atoms with van der Waals surface area (Å²) in [6, 6.07) is -0.702. The Morgan fingerprint density at radius 2 is 1.48 bits per heavy atom. The number of Topliss-reactive ketones (excluding diaryl/α,β-unsaturated/α-hetero) is 1. The lowest BCUT2D eigenvalue weighted by Crippen LogP contribution is -2.33. The van der Waals surface area contributed by atoms with E-state index in [4.69, 9.17) is 21.9 Å². The molecule has 7 nitrogen and oxygen atoms in total. The third kappa shape index (κ3) is 17.5. The van der Waals surface area contributed by atoms with E-state index in [0.717, 1.165) is 12.8 Å². The molecule has 0 heterocycles. The van der Waals surface area contributed by atoms with E-state index in [-0.39, 0.29) is 24.8 Å². The van der Waals surface area contributed by atoms with E-state index in [1.165, 1.54) is 44.9 Å². The number of carbonyl (C=O) groups is 2. The molecular weight excluding hydrogens is 344 g/mol. The summed E-state index contributed by atoms with van der Waals surface area (Å²) in [6.07, 6.45) is 12.9. The van der Waals surface area contributed by atoms with E-state index in [0.29, 0.717) is 25.8 Å². The van der Waals surface area contributed by atoms with E-state index in [2.05, 4.69) is 11.9 Å². The normalized spacial score (nSPS) is 11.8. The lowest BCUT2D eigenvalue weighted by Gasteiger charge is -2.10. The standard InChI is InChI=1S/C20H40N4O3/c1-2-3-4-5-6-7-8-9-10-12-17(25)14-16-27-19(26)18(21)13-11-15-24-20(22)23/h18H,2-16,21H2,1H3,(H4,22,23,24)/t18-/m0/s1. The Balaban J connectivity index is 3.53.